The summed E-state index contributed by atoms with van der Waals surface area (Å²) in [5.41, 5.74) is 13.9. The van der Waals surface area contributed by atoms with Gasteiger partial charge in [-0.05, 0) is 109 Å². The fourth-order valence-electron chi connectivity index (χ4n) is 9.44. The Kier molecular flexibility index (Phi) is 4.02. The van der Waals surface area contributed by atoms with Crippen LogP contribution in [0.15, 0.2) is 83.0 Å². The van der Waals surface area contributed by atoms with Crippen molar-refractivity contribution < 1.29 is 0 Å². The quantitative estimate of drug-likeness (QED) is 0.363. The van der Waals surface area contributed by atoms with Crippen LogP contribution in [0.2, 0.25) is 0 Å². The van der Waals surface area contributed by atoms with Crippen molar-refractivity contribution in [3.8, 4) is 11.3 Å². The summed E-state index contributed by atoms with van der Waals surface area (Å²) in [5, 5.41) is 1.43. The van der Waals surface area contributed by atoms with Crippen LogP contribution < -0.4 is 0 Å². The van der Waals surface area contributed by atoms with Crippen molar-refractivity contribution in [1.82, 2.24) is 4.57 Å². The molecule has 9 rings (SSSR count). The summed E-state index contributed by atoms with van der Waals surface area (Å²) in [7, 11) is 2.26. The van der Waals surface area contributed by atoms with Gasteiger partial charge in [0.1, 0.15) is 0 Å². The third-order valence-corrected chi connectivity index (χ3v) is 10.4. The van der Waals surface area contributed by atoms with Gasteiger partial charge in [0.2, 0.25) is 0 Å². The minimum absolute atomic E-state index is 0.336. The van der Waals surface area contributed by atoms with Crippen LogP contribution in [0.4, 0.5) is 0 Å². The number of hydrogen-bond acceptors (Lipinski definition) is 0. The lowest BCUT2D eigenvalue weighted by molar-refractivity contribution is -0.0293. The third-order valence-electron chi connectivity index (χ3n) is 10.4. The zero-order valence-electron chi connectivity index (χ0n) is 21.3. The summed E-state index contributed by atoms with van der Waals surface area (Å²) in [6, 6.07) is 18.3. The van der Waals surface area contributed by atoms with Crippen molar-refractivity contribution in [1.29, 1.82) is 0 Å². The Labute approximate surface area is 209 Å². The van der Waals surface area contributed by atoms with E-state index in [1.165, 1.54) is 77.4 Å². The topological polar surface area (TPSA) is 4.93 Å². The molecule has 1 atom stereocenters. The van der Waals surface area contributed by atoms with E-state index in [4.69, 9.17) is 0 Å². The number of fused-ring (bicyclic) bond motifs is 5. The summed E-state index contributed by atoms with van der Waals surface area (Å²) >= 11 is 0. The standard InChI is InChI=1S/C34H35N/c1-20(2)24-15-28(29(16-24)34-17-21-12-22(18-34)14-23(13-21)19-34)31-25-8-4-5-9-26(25)33-32(31)27-10-6-7-11-30(27)35(33)3/h4-11,15-16,21-23,31H,12-14,17-19H2,1-3H3. The number of para-hydroxylation sites is 1. The Morgan fingerprint density at radius 3 is 2.20 bits per heavy atom. The molecule has 6 aliphatic carbocycles. The molecule has 0 spiro atoms. The number of aromatic nitrogens is 1. The average Bonchev–Trinajstić information content (AvgIpc) is 3.50. The van der Waals surface area contributed by atoms with Gasteiger partial charge in [-0.25, -0.2) is 0 Å². The number of allylic oxidation sites excluding steroid dienone is 6. The first-order valence-corrected chi connectivity index (χ1v) is 13.8. The molecule has 0 aliphatic heterocycles. The highest BCUT2D eigenvalue weighted by Gasteiger charge is 2.54. The van der Waals surface area contributed by atoms with Crippen LogP contribution in [0.1, 0.15) is 69.4 Å². The van der Waals surface area contributed by atoms with Gasteiger partial charge in [-0.2, -0.15) is 0 Å². The molecule has 0 saturated heterocycles. The molecule has 3 aromatic rings. The maximum absolute atomic E-state index is 2.64. The monoisotopic (exact) mass is 457 g/mol. The molecular weight excluding hydrogens is 422 g/mol. The first-order valence-electron chi connectivity index (χ1n) is 13.8. The second kappa shape index (κ2) is 6.90. The van der Waals surface area contributed by atoms with Gasteiger partial charge in [0.25, 0.3) is 0 Å². The summed E-state index contributed by atoms with van der Waals surface area (Å²) in [6.45, 7) is 4.60. The molecule has 4 bridgehead atoms. The van der Waals surface area contributed by atoms with Crippen LogP contribution in [-0.4, -0.2) is 4.57 Å². The number of nitrogens with zero attached hydrogens (tertiary/aromatic N) is 1. The van der Waals surface area contributed by atoms with E-state index in [2.05, 4.69) is 86.1 Å². The van der Waals surface area contributed by atoms with E-state index in [0.717, 1.165) is 17.8 Å². The fourth-order valence-corrected chi connectivity index (χ4v) is 9.44. The molecule has 2 aromatic carbocycles. The van der Waals surface area contributed by atoms with Crippen molar-refractivity contribution in [3.63, 3.8) is 0 Å². The molecule has 35 heavy (non-hydrogen) atoms. The summed E-state index contributed by atoms with van der Waals surface area (Å²) in [4.78, 5) is 0. The van der Waals surface area contributed by atoms with E-state index in [-0.39, 0.29) is 0 Å². The molecule has 0 N–H and O–H groups in total. The molecule has 4 fully saturated rings. The number of aryl methyl sites for hydroxylation is 1. The van der Waals surface area contributed by atoms with E-state index >= 15 is 0 Å². The summed E-state index contributed by atoms with van der Waals surface area (Å²) < 4.78 is 2.45. The summed E-state index contributed by atoms with van der Waals surface area (Å²) in [5.74, 6) is 3.22. The van der Waals surface area contributed by atoms with Crippen molar-refractivity contribution in [2.45, 2.75) is 58.3 Å². The van der Waals surface area contributed by atoms with Crippen LogP contribution in [0.3, 0.4) is 0 Å². The molecule has 1 heteroatoms. The maximum Gasteiger partial charge on any atom is 0.0534 e. The van der Waals surface area contributed by atoms with Gasteiger partial charge in [0.05, 0.1) is 5.69 Å². The Morgan fingerprint density at radius 1 is 0.829 bits per heavy atom. The van der Waals surface area contributed by atoms with Crippen LogP contribution >= 0.6 is 0 Å². The van der Waals surface area contributed by atoms with Crippen molar-refractivity contribution in [2.75, 3.05) is 0 Å². The molecule has 1 aromatic heterocycles. The first-order chi connectivity index (χ1) is 17.0. The van der Waals surface area contributed by atoms with E-state index in [1.807, 2.05) is 0 Å². The van der Waals surface area contributed by atoms with Gasteiger partial charge in [0, 0.05) is 29.4 Å². The summed E-state index contributed by atoms with van der Waals surface area (Å²) in [6.07, 6.45) is 14.0. The largest absolute Gasteiger partial charge is 0.343 e. The predicted molar refractivity (Wildman–Crippen MR) is 145 cm³/mol. The molecule has 1 heterocycles. The molecule has 176 valence electrons. The molecule has 1 nitrogen and oxygen atoms in total. The van der Waals surface area contributed by atoms with Crippen molar-refractivity contribution in [3.05, 3.63) is 94.1 Å². The third kappa shape index (κ3) is 2.65. The van der Waals surface area contributed by atoms with Crippen LogP contribution in [0.5, 0.6) is 0 Å². The lowest BCUT2D eigenvalue weighted by atomic mass is 9.47. The van der Waals surface area contributed by atoms with Gasteiger partial charge in [0.15, 0.2) is 0 Å². The Balaban J connectivity index is 1.38. The minimum atomic E-state index is 0.336. The smallest absolute Gasteiger partial charge is 0.0534 e. The molecule has 1 unspecified atom stereocenters. The number of benzene rings is 2. The molecule has 4 saturated carbocycles. The molecular formula is C34H35N. The van der Waals surface area contributed by atoms with Crippen LogP contribution in [-0.2, 0) is 7.05 Å². The van der Waals surface area contributed by atoms with Crippen molar-refractivity contribution in [2.24, 2.45) is 30.2 Å². The lowest BCUT2D eigenvalue weighted by Crippen LogP contribution is -2.47. The second-order valence-corrected chi connectivity index (χ2v) is 12.7. The van der Waals surface area contributed by atoms with Gasteiger partial charge < -0.3 is 4.57 Å². The van der Waals surface area contributed by atoms with Gasteiger partial charge in [-0.1, -0.05) is 60.2 Å². The zero-order valence-corrected chi connectivity index (χ0v) is 21.3. The van der Waals surface area contributed by atoms with Crippen LogP contribution in [0.25, 0.3) is 22.2 Å². The minimum Gasteiger partial charge on any atom is -0.343 e. The SMILES string of the molecule is CC(C)=C1C=C(C2c3ccccc3-c3c2c2ccccc2n3C)C(C23CC4CC(CC(C4)C2)C3)=C1. The average molecular weight is 458 g/mol. The van der Waals surface area contributed by atoms with Crippen molar-refractivity contribution >= 4 is 10.9 Å². The highest BCUT2D eigenvalue weighted by molar-refractivity contribution is 5.98. The van der Waals surface area contributed by atoms with Gasteiger partial charge in [-0.3, -0.25) is 0 Å². The lowest BCUT2D eigenvalue weighted by Gasteiger charge is -2.58. The van der Waals surface area contributed by atoms with E-state index < -0.39 is 0 Å². The fraction of sp³-hybridized carbons (Fsp3) is 0.412. The van der Waals surface area contributed by atoms with E-state index in [0.29, 0.717) is 11.3 Å². The molecule has 0 radical (unpaired) electrons. The van der Waals surface area contributed by atoms with E-state index in [9.17, 15) is 0 Å². The molecule has 0 amide bonds. The second-order valence-electron chi connectivity index (χ2n) is 12.7. The van der Waals surface area contributed by atoms with Gasteiger partial charge in [-0.15, -0.1) is 0 Å². The normalized spacial score (nSPS) is 32.1. The first kappa shape index (κ1) is 20.4. The van der Waals surface area contributed by atoms with Crippen LogP contribution in [0, 0.1) is 23.2 Å². The Morgan fingerprint density at radius 2 is 1.49 bits per heavy atom. The maximum atomic E-state index is 2.64. The number of hydrogen-bond donors (Lipinski definition) is 0. The highest BCUT2D eigenvalue weighted by Crippen LogP contribution is 2.66. The number of rotatable bonds is 2. The zero-order chi connectivity index (χ0) is 23.5. The van der Waals surface area contributed by atoms with Gasteiger partial charge >= 0.3 is 0 Å². The Hall–Kier alpha value is -2.80. The molecule has 6 aliphatic rings. The predicted octanol–water partition coefficient (Wildman–Crippen LogP) is 8.71. The Bertz CT molecular complexity index is 1460. The highest BCUT2D eigenvalue weighted by atomic mass is 15.0. The van der Waals surface area contributed by atoms with E-state index in [1.54, 1.807) is 16.7 Å².